The summed E-state index contributed by atoms with van der Waals surface area (Å²) in [5, 5.41) is 5.87. The number of nitrogens with one attached hydrogen (secondary N) is 2. The van der Waals surface area contributed by atoms with Crippen LogP contribution >= 0.6 is 11.3 Å². The molecule has 0 atom stereocenters. The van der Waals surface area contributed by atoms with Gasteiger partial charge in [0.2, 0.25) is 0 Å². The molecule has 1 aromatic heterocycles. The molecular weight excluding hydrogens is 301 g/mol. The van der Waals surface area contributed by atoms with Gasteiger partial charge in [0.25, 0.3) is 0 Å². The number of halogens is 1. The number of carbonyl (C=O) groups is 1. The standard InChI is InChI=1S/C16H14FN3OS/c1-9-7-10(2)14-13(8-9)19-16(22-14)20-15(21)18-12-5-3-11(17)4-6-12/h3-8H,1-2H3,(H2,18,19,20,21). The zero-order valence-corrected chi connectivity index (χ0v) is 12.9. The second kappa shape index (κ2) is 5.73. The summed E-state index contributed by atoms with van der Waals surface area (Å²) in [5.74, 6) is -0.344. The molecule has 0 unspecified atom stereocenters. The van der Waals surface area contributed by atoms with Gasteiger partial charge in [0.05, 0.1) is 10.2 Å². The summed E-state index contributed by atoms with van der Waals surface area (Å²) in [6, 6.07) is 9.26. The largest absolute Gasteiger partial charge is 0.325 e. The van der Waals surface area contributed by atoms with Crippen LogP contribution < -0.4 is 10.6 Å². The van der Waals surface area contributed by atoms with Crippen LogP contribution in [-0.4, -0.2) is 11.0 Å². The Morgan fingerprint density at radius 1 is 1.14 bits per heavy atom. The Hall–Kier alpha value is -2.47. The molecule has 4 nitrogen and oxygen atoms in total. The predicted molar refractivity (Wildman–Crippen MR) is 88.1 cm³/mol. The number of hydrogen-bond acceptors (Lipinski definition) is 3. The number of carbonyl (C=O) groups excluding carboxylic acids is 1. The van der Waals surface area contributed by atoms with Gasteiger partial charge in [0.15, 0.2) is 5.13 Å². The van der Waals surface area contributed by atoms with Crippen LogP contribution in [0.25, 0.3) is 10.2 Å². The third-order valence-electron chi connectivity index (χ3n) is 3.14. The molecule has 0 aliphatic rings. The van der Waals surface area contributed by atoms with Crippen LogP contribution in [0.2, 0.25) is 0 Å². The van der Waals surface area contributed by atoms with Gasteiger partial charge in [-0.3, -0.25) is 5.32 Å². The van der Waals surface area contributed by atoms with E-state index in [1.807, 2.05) is 19.9 Å². The van der Waals surface area contributed by atoms with E-state index in [0.29, 0.717) is 10.8 Å². The molecule has 22 heavy (non-hydrogen) atoms. The summed E-state index contributed by atoms with van der Waals surface area (Å²) in [6.07, 6.45) is 0. The number of urea groups is 1. The fourth-order valence-electron chi connectivity index (χ4n) is 2.22. The van der Waals surface area contributed by atoms with E-state index in [2.05, 4.69) is 21.7 Å². The molecule has 0 aliphatic carbocycles. The van der Waals surface area contributed by atoms with Gasteiger partial charge in [-0.2, -0.15) is 0 Å². The second-order valence-corrected chi connectivity index (χ2v) is 6.03. The molecule has 1 heterocycles. The van der Waals surface area contributed by atoms with Crippen LogP contribution in [0.1, 0.15) is 11.1 Å². The Kier molecular flexibility index (Phi) is 3.77. The minimum Gasteiger partial charge on any atom is -0.308 e. The topological polar surface area (TPSA) is 54.0 Å². The maximum atomic E-state index is 12.8. The highest BCUT2D eigenvalue weighted by molar-refractivity contribution is 7.22. The maximum absolute atomic E-state index is 12.8. The fourth-order valence-corrected chi connectivity index (χ4v) is 3.13. The van der Waals surface area contributed by atoms with Crippen molar-refractivity contribution in [1.82, 2.24) is 4.98 Å². The molecule has 6 heteroatoms. The van der Waals surface area contributed by atoms with Gasteiger partial charge in [-0.05, 0) is 55.3 Å². The number of rotatable bonds is 2. The fraction of sp³-hybridized carbons (Fsp3) is 0.125. The minimum atomic E-state index is -0.403. The van der Waals surface area contributed by atoms with Gasteiger partial charge in [-0.15, -0.1) is 0 Å². The molecule has 0 bridgehead atoms. The van der Waals surface area contributed by atoms with Gasteiger partial charge in [-0.1, -0.05) is 17.4 Å². The van der Waals surface area contributed by atoms with Crippen LogP contribution in [0.4, 0.5) is 20.0 Å². The van der Waals surface area contributed by atoms with Crippen LogP contribution in [0.3, 0.4) is 0 Å². The first-order chi connectivity index (χ1) is 10.5. The van der Waals surface area contributed by atoms with Gasteiger partial charge in [-0.25, -0.2) is 14.2 Å². The van der Waals surface area contributed by atoms with Crippen LogP contribution in [0.5, 0.6) is 0 Å². The lowest BCUT2D eigenvalue weighted by atomic mass is 10.1. The third kappa shape index (κ3) is 3.07. The Labute approximate surface area is 131 Å². The quantitative estimate of drug-likeness (QED) is 0.720. The van der Waals surface area contributed by atoms with E-state index in [1.165, 1.54) is 35.6 Å². The van der Waals surface area contributed by atoms with Crippen molar-refractivity contribution < 1.29 is 9.18 Å². The van der Waals surface area contributed by atoms with E-state index in [-0.39, 0.29) is 5.82 Å². The van der Waals surface area contributed by atoms with E-state index < -0.39 is 6.03 Å². The average molecular weight is 315 g/mol. The number of hydrogen-bond donors (Lipinski definition) is 2. The van der Waals surface area contributed by atoms with Crippen LogP contribution in [-0.2, 0) is 0 Å². The summed E-state index contributed by atoms with van der Waals surface area (Å²) in [5.41, 5.74) is 3.67. The molecule has 2 N–H and O–H groups in total. The van der Waals surface area contributed by atoms with Crippen molar-refractivity contribution >= 4 is 38.4 Å². The predicted octanol–water partition coefficient (Wildman–Crippen LogP) is 4.70. The van der Waals surface area contributed by atoms with E-state index in [4.69, 9.17) is 0 Å². The molecule has 112 valence electrons. The lowest BCUT2D eigenvalue weighted by Gasteiger charge is -2.04. The van der Waals surface area contributed by atoms with Crippen molar-refractivity contribution in [2.24, 2.45) is 0 Å². The number of benzene rings is 2. The Balaban J connectivity index is 1.76. The molecule has 0 saturated carbocycles. The first-order valence-corrected chi connectivity index (χ1v) is 7.54. The summed E-state index contributed by atoms with van der Waals surface area (Å²) < 4.78 is 13.9. The first kappa shape index (κ1) is 14.5. The van der Waals surface area contributed by atoms with Crippen molar-refractivity contribution in [1.29, 1.82) is 0 Å². The van der Waals surface area contributed by atoms with Crippen molar-refractivity contribution in [3.8, 4) is 0 Å². The zero-order chi connectivity index (χ0) is 15.7. The summed E-state index contributed by atoms with van der Waals surface area (Å²) in [4.78, 5) is 16.4. The lowest BCUT2D eigenvalue weighted by Crippen LogP contribution is -2.19. The highest BCUT2D eigenvalue weighted by atomic mass is 32.1. The Bertz CT molecular complexity index is 842. The number of aromatic nitrogens is 1. The molecule has 3 rings (SSSR count). The van der Waals surface area contributed by atoms with Gasteiger partial charge in [0.1, 0.15) is 5.82 Å². The Morgan fingerprint density at radius 2 is 1.86 bits per heavy atom. The van der Waals surface area contributed by atoms with Crippen molar-refractivity contribution in [2.75, 3.05) is 10.6 Å². The SMILES string of the molecule is Cc1cc(C)c2sc(NC(=O)Nc3ccc(F)cc3)nc2c1. The third-order valence-corrected chi connectivity index (χ3v) is 4.26. The Morgan fingerprint density at radius 3 is 2.59 bits per heavy atom. The average Bonchev–Trinajstić information content (AvgIpc) is 2.84. The molecule has 0 aliphatic heterocycles. The van der Waals surface area contributed by atoms with Crippen LogP contribution in [0, 0.1) is 19.7 Å². The number of aryl methyl sites for hydroxylation is 2. The number of amides is 2. The number of fused-ring (bicyclic) bond motifs is 1. The van der Waals surface area contributed by atoms with E-state index >= 15 is 0 Å². The molecule has 2 aromatic carbocycles. The molecule has 3 aromatic rings. The van der Waals surface area contributed by atoms with Gasteiger partial charge in [0, 0.05) is 5.69 Å². The monoisotopic (exact) mass is 315 g/mol. The van der Waals surface area contributed by atoms with Gasteiger partial charge < -0.3 is 5.32 Å². The highest BCUT2D eigenvalue weighted by Crippen LogP contribution is 2.29. The normalized spacial score (nSPS) is 10.7. The number of nitrogens with zero attached hydrogens (tertiary/aromatic N) is 1. The highest BCUT2D eigenvalue weighted by Gasteiger charge is 2.10. The molecule has 0 spiro atoms. The summed E-state index contributed by atoms with van der Waals surface area (Å²) >= 11 is 1.43. The first-order valence-electron chi connectivity index (χ1n) is 6.72. The maximum Gasteiger partial charge on any atom is 0.325 e. The van der Waals surface area contributed by atoms with Gasteiger partial charge >= 0.3 is 6.03 Å². The summed E-state index contributed by atoms with van der Waals surface area (Å²) in [6.45, 7) is 4.04. The van der Waals surface area contributed by atoms with Crippen molar-refractivity contribution in [2.45, 2.75) is 13.8 Å². The van der Waals surface area contributed by atoms with Crippen molar-refractivity contribution in [3.05, 3.63) is 53.3 Å². The van der Waals surface area contributed by atoms with Crippen LogP contribution in [0.15, 0.2) is 36.4 Å². The second-order valence-electron chi connectivity index (χ2n) is 5.04. The van der Waals surface area contributed by atoms with Crippen molar-refractivity contribution in [3.63, 3.8) is 0 Å². The molecule has 0 fully saturated rings. The van der Waals surface area contributed by atoms with E-state index in [1.54, 1.807) is 0 Å². The molecular formula is C16H14FN3OS. The van der Waals surface area contributed by atoms with E-state index in [0.717, 1.165) is 21.3 Å². The minimum absolute atomic E-state index is 0.344. The zero-order valence-electron chi connectivity index (χ0n) is 12.1. The number of thiazole rings is 1. The molecule has 2 amide bonds. The lowest BCUT2D eigenvalue weighted by molar-refractivity contribution is 0.262. The molecule has 0 saturated heterocycles. The smallest absolute Gasteiger partial charge is 0.308 e. The number of anilines is 2. The summed E-state index contributed by atoms with van der Waals surface area (Å²) in [7, 11) is 0. The molecule has 0 radical (unpaired) electrons. The van der Waals surface area contributed by atoms with E-state index in [9.17, 15) is 9.18 Å².